The highest BCUT2D eigenvalue weighted by molar-refractivity contribution is 7.95. The molecule has 2 aliphatic rings. The van der Waals surface area contributed by atoms with Gasteiger partial charge in [0.25, 0.3) is 0 Å². The second-order valence-electron chi connectivity index (χ2n) is 8.18. The molecule has 0 spiro atoms. The second kappa shape index (κ2) is 8.44. The Morgan fingerprint density at radius 2 is 1.94 bits per heavy atom. The molecule has 1 fully saturated rings. The fourth-order valence-electron chi connectivity index (χ4n) is 4.61. The number of hydrogen-bond donors (Lipinski definition) is 0. The monoisotopic (exact) mass is 442 g/mol. The fraction of sp³-hybridized carbons (Fsp3) is 0.478. The van der Waals surface area contributed by atoms with Crippen LogP contribution in [0.3, 0.4) is 0 Å². The van der Waals surface area contributed by atoms with Crippen LogP contribution in [0, 0.1) is 12.8 Å². The van der Waals surface area contributed by atoms with Crippen LogP contribution in [0.2, 0.25) is 0 Å². The number of benzene rings is 1. The van der Waals surface area contributed by atoms with Crippen LogP contribution in [-0.2, 0) is 32.4 Å². The van der Waals surface area contributed by atoms with Crippen molar-refractivity contribution in [3.8, 4) is 17.0 Å². The van der Waals surface area contributed by atoms with Crippen LogP contribution in [0.1, 0.15) is 56.6 Å². The zero-order valence-corrected chi connectivity index (χ0v) is 18.6. The van der Waals surface area contributed by atoms with E-state index in [2.05, 4.69) is 5.10 Å². The summed E-state index contributed by atoms with van der Waals surface area (Å²) in [6.45, 7) is 4.32. The first-order valence-corrected chi connectivity index (χ1v) is 12.3. The van der Waals surface area contributed by atoms with E-state index in [9.17, 15) is 18.0 Å². The van der Waals surface area contributed by atoms with Crippen molar-refractivity contribution in [3.05, 3.63) is 34.4 Å². The number of ether oxygens (including phenoxy) is 1. The first kappa shape index (κ1) is 21.5. The molecule has 0 atom stereocenters. The lowest BCUT2D eigenvalue weighted by atomic mass is 9.89. The maximum absolute atomic E-state index is 12.8. The quantitative estimate of drug-likeness (QED) is 0.528. The molecule has 1 aliphatic heterocycles. The van der Waals surface area contributed by atoms with E-state index in [1.807, 2.05) is 13.8 Å². The molecular weight excluding hydrogens is 416 g/mol. The van der Waals surface area contributed by atoms with Gasteiger partial charge in [0.2, 0.25) is 15.7 Å². The maximum Gasteiger partial charge on any atom is 0.315 e. The van der Waals surface area contributed by atoms with E-state index in [-0.39, 0.29) is 28.1 Å². The van der Waals surface area contributed by atoms with Gasteiger partial charge in [-0.1, -0.05) is 25.3 Å². The number of rotatable bonds is 4. The highest BCUT2D eigenvalue weighted by Crippen LogP contribution is 2.40. The van der Waals surface area contributed by atoms with Gasteiger partial charge in [-0.25, -0.2) is 17.9 Å². The van der Waals surface area contributed by atoms with Crippen LogP contribution in [0.4, 0.5) is 0 Å². The second-order valence-corrected chi connectivity index (χ2v) is 10.1. The zero-order valence-electron chi connectivity index (χ0n) is 17.8. The minimum Gasteiger partial charge on any atom is -0.407 e. The lowest BCUT2D eigenvalue weighted by molar-refractivity contribution is -0.140. The molecule has 31 heavy (non-hydrogen) atoms. The number of carbonyl (C=O) groups is 1. The van der Waals surface area contributed by atoms with Crippen molar-refractivity contribution in [2.75, 3.05) is 0 Å². The van der Waals surface area contributed by atoms with Crippen LogP contribution < -0.4 is 4.74 Å². The highest BCUT2D eigenvalue weighted by atomic mass is 32.2. The molecule has 1 aromatic carbocycles. The number of carbonyl (C=O) groups excluding carboxylic acids is 2. The average Bonchev–Trinajstić information content (AvgIpc) is 3.17. The number of fused-ring (bicyclic) bond motifs is 1. The summed E-state index contributed by atoms with van der Waals surface area (Å²) >= 11 is 0. The number of allylic oxidation sites excluding steroid dienone is 1. The predicted molar refractivity (Wildman–Crippen MR) is 115 cm³/mol. The lowest BCUT2D eigenvalue weighted by Gasteiger charge is -2.22. The molecule has 0 bridgehead atoms. The molecule has 1 saturated carbocycles. The molecule has 0 radical (unpaired) electrons. The number of aromatic nitrogens is 2. The van der Waals surface area contributed by atoms with Crippen LogP contribution in [-0.4, -0.2) is 30.1 Å². The molecule has 8 heteroatoms. The number of aryl methyl sites for hydroxylation is 1. The van der Waals surface area contributed by atoms with Gasteiger partial charge in [-0.3, -0.25) is 4.79 Å². The standard InChI is InChI=1S/C23H26N2O5S/c1-3-25-22(30-23(27)16-7-5-4-6-8-16)20(13-24-25)18-11-12-21-19(15(18)2)10-9-17(14-26)31(21,28)29/h11-13,16H,3-10H2,1-2H3. The third-order valence-corrected chi connectivity index (χ3v) is 8.30. The van der Waals surface area contributed by atoms with E-state index in [1.54, 1.807) is 22.9 Å². The minimum atomic E-state index is -3.81. The number of sulfone groups is 1. The third kappa shape index (κ3) is 3.75. The number of esters is 1. The van der Waals surface area contributed by atoms with Crippen molar-refractivity contribution in [3.63, 3.8) is 0 Å². The van der Waals surface area contributed by atoms with Crippen LogP contribution >= 0.6 is 0 Å². The Morgan fingerprint density at radius 3 is 2.61 bits per heavy atom. The average molecular weight is 443 g/mol. The largest absolute Gasteiger partial charge is 0.407 e. The summed E-state index contributed by atoms with van der Waals surface area (Å²) in [6.07, 6.45) is 7.16. The van der Waals surface area contributed by atoms with Gasteiger partial charge in [0.05, 0.1) is 22.6 Å². The molecule has 0 unspecified atom stereocenters. The van der Waals surface area contributed by atoms with Crippen molar-refractivity contribution in [1.29, 1.82) is 0 Å². The van der Waals surface area contributed by atoms with Gasteiger partial charge in [0, 0.05) is 6.54 Å². The van der Waals surface area contributed by atoms with E-state index >= 15 is 0 Å². The van der Waals surface area contributed by atoms with Crippen molar-refractivity contribution in [2.45, 2.75) is 70.2 Å². The molecule has 2 aromatic rings. The maximum atomic E-state index is 12.8. The van der Waals surface area contributed by atoms with E-state index < -0.39 is 9.84 Å². The number of hydrogen-bond acceptors (Lipinski definition) is 6. The van der Waals surface area contributed by atoms with Crippen LogP contribution in [0.25, 0.3) is 11.1 Å². The molecule has 2 heterocycles. The van der Waals surface area contributed by atoms with Crippen LogP contribution in [0.5, 0.6) is 5.88 Å². The van der Waals surface area contributed by atoms with Gasteiger partial charge >= 0.3 is 5.97 Å². The van der Waals surface area contributed by atoms with Gasteiger partial charge < -0.3 is 4.74 Å². The molecule has 7 nitrogen and oxygen atoms in total. The van der Waals surface area contributed by atoms with E-state index in [0.717, 1.165) is 43.2 Å². The minimum absolute atomic E-state index is 0.0925. The summed E-state index contributed by atoms with van der Waals surface area (Å²) < 4.78 is 32.9. The SMILES string of the molecule is CCn1ncc(-c2ccc3c(c2C)CCC(=C=O)S3(=O)=O)c1OC(=O)C1CCCCC1. The van der Waals surface area contributed by atoms with Crippen molar-refractivity contribution >= 4 is 21.7 Å². The first-order valence-electron chi connectivity index (χ1n) is 10.8. The molecule has 164 valence electrons. The molecule has 1 aromatic heterocycles. The van der Waals surface area contributed by atoms with Crippen molar-refractivity contribution in [1.82, 2.24) is 9.78 Å². The Morgan fingerprint density at radius 1 is 1.19 bits per heavy atom. The summed E-state index contributed by atoms with van der Waals surface area (Å²) in [5.74, 6) is 1.66. The molecule has 0 saturated heterocycles. The predicted octanol–water partition coefficient (Wildman–Crippen LogP) is 3.80. The van der Waals surface area contributed by atoms with Gasteiger partial charge in [-0.15, -0.1) is 0 Å². The molecule has 0 amide bonds. The fourth-order valence-corrected chi connectivity index (χ4v) is 6.18. The Kier molecular flexibility index (Phi) is 5.86. The Bertz CT molecular complexity index is 1180. The first-order chi connectivity index (χ1) is 14.9. The van der Waals surface area contributed by atoms with Crippen molar-refractivity contribution < 1.29 is 22.7 Å². The summed E-state index contributed by atoms with van der Waals surface area (Å²) in [4.78, 5) is 23.8. The van der Waals surface area contributed by atoms with Crippen molar-refractivity contribution in [2.24, 2.45) is 5.92 Å². The van der Waals surface area contributed by atoms with Gasteiger partial charge in [0.15, 0.2) is 0 Å². The summed E-state index contributed by atoms with van der Waals surface area (Å²) in [7, 11) is -3.81. The molecule has 0 N–H and O–H groups in total. The Hall–Kier alpha value is -2.70. The molecule has 4 rings (SSSR count). The van der Waals surface area contributed by atoms with E-state index in [0.29, 0.717) is 30.0 Å². The van der Waals surface area contributed by atoms with E-state index in [4.69, 9.17) is 4.74 Å². The van der Waals surface area contributed by atoms with Gasteiger partial charge in [-0.05, 0) is 62.3 Å². The molecular formula is C23H26N2O5S. The topological polar surface area (TPSA) is 95.3 Å². The lowest BCUT2D eigenvalue weighted by Crippen LogP contribution is -2.24. The third-order valence-electron chi connectivity index (χ3n) is 6.40. The van der Waals surface area contributed by atoms with Crippen LogP contribution in [0.15, 0.2) is 28.1 Å². The summed E-state index contributed by atoms with van der Waals surface area (Å²) in [5, 5.41) is 4.38. The van der Waals surface area contributed by atoms with Gasteiger partial charge in [0.1, 0.15) is 10.8 Å². The highest BCUT2D eigenvalue weighted by Gasteiger charge is 2.32. The number of nitrogens with zero attached hydrogens (tertiary/aromatic N) is 2. The molecule has 1 aliphatic carbocycles. The zero-order chi connectivity index (χ0) is 22.2. The normalized spacial score (nSPS) is 18.3. The van der Waals surface area contributed by atoms with Gasteiger partial charge in [-0.2, -0.15) is 5.10 Å². The summed E-state index contributed by atoms with van der Waals surface area (Å²) in [6, 6.07) is 3.23. The summed E-state index contributed by atoms with van der Waals surface area (Å²) in [5.41, 5.74) is 2.92. The Balaban J connectivity index is 1.75. The Labute approximate surface area is 182 Å². The smallest absolute Gasteiger partial charge is 0.315 e. The van der Waals surface area contributed by atoms with E-state index in [1.165, 1.54) is 6.07 Å².